The molecule has 1 aliphatic heterocycles. The molecular formula is C14H29N3O. The van der Waals surface area contributed by atoms with Crippen LogP contribution in [-0.4, -0.2) is 49.6 Å². The predicted molar refractivity (Wildman–Crippen MR) is 75.6 cm³/mol. The third-order valence-corrected chi connectivity index (χ3v) is 3.67. The van der Waals surface area contributed by atoms with Crippen molar-refractivity contribution in [3.05, 3.63) is 0 Å². The maximum atomic E-state index is 11.7. The second kappa shape index (κ2) is 8.48. The largest absolute Gasteiger partial charge is 0.355 e. The van der Waals surface area contributed by atoms with Gasteiger partial charge in [0.05, 0.1) is 0 Å². The Labute approximate surface area is 111 Å². The fourth-order valence-electron chi connectivity index (χ4n) is 2.41. The van der Waals surface area contributed by atoms with Crippen molar-refractivity contribution in [2.75, 3.05) is 32.7 Å². The first kappa shape index (κ1) is 15.4. The van der Waals surface area contributed by atoms with Gasteiger partial charge in [-0.25, -0.2) is 0 Å². The van der Waals surface area contributed by atoms with Crippen molar-refractivity contribution in [2.45, 2.75) is 46.1 Å². The van der Waals surface area contributed by atoms with E-state index in [-0.39, 0.29) is 11.9 Å². The molecule has 1 aliphatic rings. The average molecular weight is 255 g/mol. The van der Waals surface area contributed by atoms with Gasteiger partial charge in [-0.2, -0.15) is 0 Å². The van der Waals surface area contributed by atoms with Crippen LogP contribution in [0.3, 0.4) is 0 Å². The zero-order valence-corrected chi connectivity index (χ0v) is 12.2. The molecule has 0 aliphatic carbocycles. The molecule has 1 saturated heterocycles. The number of carbonyl (C=O) groups is 1. The Hall–Kier alpha value is -0.610. The van der Waals surface area contributed by atoms with E-state index in [1.54, 1.807) is 0 Å². The van der Waals surface area contributed by atoms with E-state index in [1.165, 1.54) is 25.9 Å². The first-order valence-electron chi connectivity index (χ1n) is 7.34. The lowest BCUT2D eigenvalue weighted by molar-refractivity contribution is -0.121. The van der Waals surface area contributed by atoms with Crippen LogP contribution in [0.5, 0.6) is 0 Å². The molecule has 4 nitrogen and oxygen atoms in total. The molecule has 1 atom stereocenters. The normalized spacial score (nSPS) is 19.7. The SMILES string of the molecule is CCNC(C)CC(=O)NCCN1CCC(C)CC1. The van der Waals surface area contributed by atoms with Crippen molar-refractivity contribution < 1.29 is 4.79 Å². The van der Waals surface area contributed by atoms with E-state index in [0.29, 0.717) is 6.42 Å². The summed E-state index contributed by atoms with van der Waals surface area (Å²) in [5, 5.41) is 6.26. The summed E-state index contributed by atoms with van der Waals surface area (Å²) in [6.07, 6.45) is 3.17. The third-order valence-electron chi connectivity index (χ3n) is 3.67. The summed E-state index contributed by atoms with van der Waals surface area (Å²) >= 11 is 0. The summed E-state index contributed by atoms with van der Waals surface area (Å²) in [6.45, 7) is 11.5. The minimum absolute atomic E-state index is 0.161. The smallest absolute Gasteiger partial charge is 0.221 e. The summed E-state index contributed by atoms with van der Waals surface area (Å²) in [7, 11) is 0. The number of likely N-dealkylation sites (tertiary alicyclic amines) is 1. The van der Waals surface area contributed by atoms with Crippen molar-refractivity contribution in [1.29, 1.82) is 0 Å². The summed E-state index contributed by atoms with van der Waals surface area (Å²) in [5.41, 5.74) is 0. The molecule has 0 aromatic carbocycles. The number of hydrogen-bond acceptors (Lipinski definition) is 3. The lowest BCUT2D eigenvalue weighted by atomic mass is 9.99. The number of nitrogens with one attached hydrogen (secondary N) is 2. The number of amides is 1. The topological polar surface area (TPSA) is 44.4 Å². The molecule has 18 heavy (non-hydrogen) atoms. The number of piperidine rings is 1. The molecule has 4 heteroatoms. The van der Waals surface area contributed by atoms with E-state index in [1.807, 2.05) is 0 Å². The van der Waals surface area contributed by atoms with Crippen LogP contribution in [0.15, 0.2) is 0 Å². The van der Waals surface area contributed by atoms with Gasteiger partial charge in [0, 0.05) is 25.6 Å². The van der Waals surface area contributed by atoms with Gasteiger partial charge < -0.3 is 15.5 Å². The van der Waals surface area contributed by atoms with Gasteiger partial charge in [0.15, 0.2) is 0 Å². The van der Waals surface area contributed by atoms with Crippen LogP contribution in [-0.2, 0) is 4.79 Å². The van der Waals surface area contributed by atoms with Crippen LogP contribution < -0.4 is 10.6 Å². The summed E-state index contributed by atoms with van der Waals surface area (Å²) in [4.78, 5) is 14.1. The van der Waals surface area contributed by atoms with Crippen molar-refractivity contribution in [2.24, 2.45) is 5.92 Å². The second-order valence-corrected chi connectivity index (χ2v) is 5.54. The second-order valence-electron chi connectivity index (χ2n) is 5.54. The molecule has 1 amide bonds. The van der Waals surface area contributed by atoms with E-state index in [4.69, 9.17) is 0 Å². The molecule has 106 valence electrons. The lowest BCUT2D eigenvalue weighted by Gasteiger charge is -2.30. The Kier molecular flexibility index (Phi) is 7.28. The van der Waals surface area contributed by atoms with Gasteiger partial charge in [0.25, 0.3) is 0 Å². The highest BCUT2D eigenvalue weighted by molar-refractivity contribution is 5.76. The van der Waals surface area contributed by atoms with Gasteiger partial charge in [-0.15, -0.1) is 0 Å². The fourth-order valence-corrected chi connectivity index (χ4v) is 2.41. The van der Waals surface area contributed by atoms with E-state index >= 15 is 0 Å². The molecule has 0 radical (unpaired) electrons. The number of hydrogen-bond donors (Lipinski definition) is 2. The van der Waals surface area contributed by atoms with Gasteiger partial charge in [-0.05, 0) is 45.3 Å². The summed E-state index contributed by atoms with van der Waals surface area (Å²) in [5.74, 6) is 1.03. The van der Waals surface area contributed by atoms with Crippen LogP contribution >= 0.6 is 0 Å². The van der Waals surface area contributed by atoms with E-state index < -0.39 is 0 Å². The number of rotatable bonds is 7. The lowest BCUT2D eigenvalue weighted by Crippen LogP contribution is -2.40. The van der Waals surface area contributed by atoms with Gasteiger partial charge in [-0.3, -0.25) is 4.79 Å². The summed E-state index contributed by atoms with van der Waals surface area (Å²) in [6, 6.07) is 0.269. The molecule has 0 spiro atoms. The Morgan fingerprint density at radius 2 is 2.06 bits per heavy atom. The number of nitrogens with zero attached hydrogens (tertiary/aromatic N) is 1. The molecule has 0 aromatic heterocycles. The predicted octanol–water partition coefficient (Wildman–Crippen LogP) is 1.22. The van der Waals surface area contributed by atoms with Gasteiger partial charge in [0.2, 0.25) is 5.91 Å². The highest BCUT2D eigenvalue weighted by Gasteiger charge is 2.15. The van der Waals surface area contributed by atoms with Gasteiger partial charge in [-0.1, -0.05) is 13.8 Å². The first-order valence-corrected chi connectivity index (χ1v) is 7.34. The zero-order valence-electron chi connectivity index (χ0n) is 12.2. The maximum Gasteiger partial charge on any atom is 0.221 e. The molecule has 1 fully saturated rings. The van der Waals surface area contributed by atoms with Crippen LogP contribution in [0.4, 0.5) is 0 Å². The van der Waals surface area contributed by atoms with Crippen LogP contribution in [0.1, 0.15) is 40.0 Å². The molecule has 1 heterocycles. The monoisotopic (exact) mass is 255 g/mol. The number of carbonyl (C=O) groups excluding carboxylic acids is 1. The Morgan fingerprint density at radius 1 is 1.39 bits per heavy atom. The molecule has 1 unspecified atom stereocenters. The fraction of sp³-hybridized carbons (Fsp3) is 0.929. The van der Waals surface area contributed by atoms with Gasteiger partial charge in [0.1, 0.15) is 0 Å². The van der Waals surface area contributed by atoms with E-state index in [2.05, 4.69) is 36.3 Å². The Bertz CT molecular complexity index is 237. The molecule has 0 bridgehead atoms. The van der Waals surface area contributed by atoms with Gasteiger partial charge >= 0.3 is 0 Å². The Morgan fingerprint density at radius 3 is 2.67 bits per heavy atom. The molecule has 0 saturated carbocycles. The quantitative estimate of drug-likeness (QED) is 0.719. The standard InChI is InChI=1S/C14H29N3O/c1-4-15-13(3)11-14(18)16-7-10-17-8-5-12(2)6-9-17/h12-13,15H,4-11H2,1-3H3,(H,16,18). The average Bonchev–Trinajstić information content (AvgIpc) is 2.32. The van der Waals surface area contributed by atoms with Crippen LogP contribution in [0.2, 0.25) is 0 Å². The van der Waals surface area contributed by atoms with Crippen molar-refractivity contribution in [3.8, 4) is 0 Å². The van der Waals surface area contributed by atoms with Crippen molar-refractivity contribution in [3.63, 3.8) is 0 Å². The minimum atomic E-state index is 0.161. The van der Waals surface area contributed by atoms with Crippen molar-refractivity contribution >= 4 is 5.91 Å². The molecule has 0 aromatic rings. The molecule has 2 N–H and O–H groups in total. The van der Waals surface area contributed by atoms with E-state index in [9.17, 15) is 4.79 Å². The van der Waals surface area contributed by atoms with Crippen LogP contribution in [0, 0.1) is 5.92 Å². The van der Waals surface area contributed by atoms with Crippen LogP contribution in [0.25, 0.3) is 0 Å². The maximum absolute atomic E-state index is 11.7. The zero-order chi connectivity index (χ0) is 13.4. The summed E-state index contributed by atoms with van der Waals surface area (Å²) < 4.78 is 0. The molecule has 1 rings (SSSR count). The molecular weight excluding hydrogens is 226 g/mol. The highest BCUT2D eigenvalue weighted by Crippen LogP contribution is 2.14. The Balaban J connectivity index is 2.04. The first-order chi connectivity index (χ1) is 8.61. The third kappa shape index (κ3) is 6.36. The highest BCUT2D eigenvalue weighted by atomic mass is 16.1. The van der Waals surface area contributed by atoms with Crippen molar-refractivity contribution in [1.82, 2.24) is 15.5 Å². The van der Waals surface area contributed by atoms with E-state index in [0.717, 1.165) is 25.6 Å². The minimum Gasteiger partial charge on any atom is -0.355 e.